The summed E-state index contributed by atoms with van der Waals surface area (Å²) in [6.45, 7) is 3.67. The van der Waals surface area contributed by atoms with Gasteiger partial charge < -0.3 is 0 Å². The van der Waals surface area contributed by atoms with E-state index in [4.69, 9.17) is 0 Å². The van der Waals surface area contributed by atoms with Crippen LogP contribution in [0.5, 0.6) is 0 Å². The molecule has 0 amide bonds. The van der Waals surface area contributed by atoms with Gasteiger partial charge >= 0.3 is 0 Å². The average Bonchev–Trinajstić information content (AvgIpc) is 2.86. The lowest BCUT2D eigenvalue weighted by atomic mass is 10.1. The van der Waals surface area contributed by atoms with Crippen molar-refractivity contribution in [2.24, 2.45) is 0 Å². The van der Waals surface area contributed by atoms with Crippen LogP contribution in [0.25, 0.3) is 10.1 Å². The first-order valence-corrected chi connectivity index (χ1v) is 10.4. The molecule has 0 aliphatic rings. The fourth-order valence-electron chi connectivity index (χ4n) is 2.57. The Morgan fingerprint density at radius 1 is 1.21 bits per heavy atom. The SMILES string of the molecule is CCc1cc(Br)ccc1NS(=O)(=O)c1sc2ccc(F)cc2c1C. The van der Waals surface area contributed by atoms with Crippen molar-refractivity contribution < 1.29 is 12.8 Å². The Bertz CT molecular complexity index is 1030. The fourth-order valence-corrected chi connectivity index (χ4v) is 5.83. The minimum Gasteiger partial charge on any atom is -0.279 e. The van der Waals surface area contributed by atoms with Crippen LogP contribution < -0.4 is 4.72 Å². The molecule has 0 aliphatic carbocycles. The van der Waals surface area contributed by atoms with Crippen LogP contribution in [0, 0.1) is 12.7 Å². The number of fused-ring (bicyclic) bond motifs is 1. The normalized spacial score (nSPS) is 11.8. The Hall–Kier alpha value is -1.44. The van der Waals surface area contributed by atoms with Crippen LogP contribution >= 0.6 is 27.3 Å². The maximum absolute atomic E-state index is 13.4. The van der Waals surface area contributed by atoms with E-state index < -0.39 is 10.0 Å². The molecule has 7 heteroatoms. The van der Waals surface area contributed by atoms with Crippen molar-refractivity contribution in [1.29, 1.82) is 0 Å². The van der Waals surface area contributed by atoms with Crippen molar-refractivity contribution in [3.05, 3.63) is 57.8 Å². The minimum atomic E-state index is -3.73. The number of sulfonamides is 1. The molecule has 3 rings (SSSR count). The summed E-state index contributed by atoms with van der Waals surface area (Å²) in [5.74, 6) is -0.374. The molecule has 1 N–H and O–H groups in total. The number of benzene rings is 2. The molecular formula is C17H15BrFNO2S2. The van der Waals surface area contributed by atoms with Gasteiger partial charge in [-0.05, 0) is 66.3 Å². The Morgan fingerprint density at radius 3 is 2.67 bits per heavy atom. The molecule has 1 heterocycles. The quantitative estimate of drug-likeness (QED) is 0.599. The van der Waals surface area contributed by atoms with Crippen molar-refractivity contribution in [3.8, 4) is 0 Å². The van der Waals surface area contributed by atoms with Gasteiger partial charge in [-0.1, -0.05) is 22.9 Å². The van der Waals surface area contributed by atoms with E-state index in [0.29, 0.717) is 23.1 Å². The highest BCUT2D eigenvalue weighted by atomic mass is 79.9. The van der Waals surface area contributed by atoms with Crippen molar-refractivity contribution in [2.75, 3.05) is 4.72 Å². The second-order valence-electron chi connectivity index (χ2n) is 5.42. The molecule has 0 spiro atoms. The van der Waals surface area contributed by atoms with E-state index in [2.05, 4.69) is 20.7 Å². The number of halogens is 2. The molecule has 0 atom stereocenters. The van der Waals surface area contributed by atoms with Gasteiger partial charge in [0.25, 0.3) is 10.0 Å². The van der Waals surface area contributed by atoms with Crippen molar-refractivity contribution in [1.82, 2.24) is 0 Å². The van der Waals surface area contributed by atoms with Gasteiger partial charge in [-0.15, -0.1) is 11.3 Å². The molecule has 2 aromatic carbocycles. The van der Waals surface area contributed by atoms with Gasteiger partial charge in [-0.25, -0.2) is 12.8 Å². The van der Waals surface area contributed by atoms with E-state index in [9.17, 15) is 12.8 Å². The molecule has 24 heavy (non-hydrogen) atoms. The lowest BCUT2D eigenvalue weighted by Crippen LogP contribution is -2.13. The Balaban J connectivity index is 2.07. The number of hydrogen-bond donors (Lipinski definition) is 1. The molecule has 0 aliphatic heterocycles. The lowest BCUT2D eigenvalue weighted by molar-refractivity contribution is 0.602. The van der Waals surface area contributed by atoms with E-state index in [-0.39, 0.29) is 10.0 Å². The smallest absolute Gasteiger partial charge is 0.271 e. The number of aryl methyl sites for hydroxylation is 2. The summed E-state index contributed by atoms with van der Waals surface area (Å²) >= 11 is 4.54. The molecular weight excluding hydrogens is 413 g/mol. The number of hydrogen-bond acceptors (Lipinski definition) is 3. The maximum Gasteiger partial charge on any atom is 0.271 e. The highest BCUT2D eigenvalue weighted by molar-refractivity contribution is 9.10. The summed E-state index contributed by atoms with van der Waals surface area (Å²) in [7, 11) is -3.73. The van der Waals surface area contributed by atoms with Crippen LogP contribution in [0.4, 0.5) is 10.1 Å². The largest absolute Gasteiger partial charge is 0.279 e. The van der Waals surface area contributed by atoms with Gasteiger partial charge in [0.2, 0.25) is 0 Å². The number of rotatable bonds is 4. The van der Waals surface area contributed by atoms with Crippen molar-refractivity contribution in [3.63, 3.8) is 0 Å². The van der Waals surface area contributed by atoms with Gasteiger partial charge in [-0.2, -0.15) is 0 Å². The maximum atomic E-state index is 13.4. The number of anilines is 1. The molecule has 126 valence electrons. The molecule has 0 saturated heterocycles. The zero-order chi connectivity index (χ0) is 17.5. The van der Waals surface area contributed by atoms with Crippen LogP contribution in [0.2, 0.25) is 0 Å². The third kappa shape index (κ3) is 3.20. The first kappa shape index (κ1) is 17.4. The van der Waals surface area contributed by atoms with Crippen molar-refractivity contribution >= 4 is 53.1 Å². The summed E-state index contributed by atoms with van der Waals surface area (Å²) in [4.78, 5) is 0. The van der Waals surface area contributed by atoms with E-state index in [0.717, 1.165) is 26.1 Å². The Labute approximate surface area is 152 Å². The summed E-state index contributed by atoms with van der Waals surface area (Å²) in [6, 6.07) is 9.75. The van der Waals surface area contributed by atoms with Gasteiger partial charge in [0.05, 0.1) is 5.69 Å². The van der Waals surface area contributed by atoms with E-state index in [1.807, 2.05) is 13.0 Å². The average molecular weight is 428 g/mol. The highest BCUT2D eigenvalue weighted by Crippen LogP contribution is 2.36. The van der Waals surface area contributed by atoms with Crippen LogP contribution in [0.3, 0.4) is 0 Å². The standard InChI is InChI=1S/C17H15BrFNO2S2/c1-3-11-8-12(18)4-6-15(11)20-24(21,22)17-10(2)14-9-13(19)5-7-16(14)23-17/h4-9,20H,3H2,1-2H3. The second kappa shape index (κ2) is 6.46. The van der Waals surface area contributed by atoms with Crippen molar-refractivity contribution in [2.45, 2.75) is 24.5 Å². The number of nitrogens with one attached hydrogen (secondary N) is 1. The Kier molecular flexibility index (Phi) is 4.68. The van der Waals surface area contributed by atoms with Crippen LogP contribution in [-0.4, -0.2) is 8.42 Å². The molecule has 0 bridgehead atoms. The van der Waals surface area contributed by atoms with Gasteiger partial charge in [-0.3, -0.25) is 4.72 Å². The highest BCUT2D eigenvalue weighted by Gasteiger charge is 2.23. The van der Waals surface area contributed by atoms with E-state index in [1.165, 1.54) is 12.1 Å². The van der Waals surface area contributed by atoms with Gasteiger partial charge in [0.15, 0.2) is 0 Å². The molecule has 1 aromatic heterocycles. The fraction of sp³-hybridized carbons (Fsp3) is 0.176. The second-order valence-corrected chi connectivity index (χ2v) is 9.26. The van der Waals surface area contributed by atoms with Crippen LogP contribution in [-0.2, 0) is 16.4 Å². The van der Waals surface area contributed by atoms with Gasteiger partial charge in [0, 0.05) is 9.17 Å². The van der Waals surface area contributed by atoms with Crippen LogP contribution in [0.15, 0.2) is 45.1 Å². The molecule has 3 nitrogen and oxygen atoms in total. The van der Waals surface area contributed by atoms with Gasteiger partial charge in [0.1, 0.15) is 10.0 Å². The predicted octanol–water partition coefficient (Wildman–Crippen LogP) is 5.47. The molecule has 0 fully saturated rings. The lowest BCUT2D eigenvalue weighted by Gasteiger charge is -2.11. The predicted molar refractivity (Wildman–Crippen MR) is 101 cm³/mol. The molecule has 0 unspecified atom stereocenters. The zero-order valence-electron chi connectivity index (χ0n) is 13.1. The monoisotopic (exact) mass is 427 g/mol. The Morgan fingerprint density at radius 2 is 1.96 bits per heavy atom. The van der Waals surface area contributed by atoms with Crippen LogP contribution in [0.1, 0.15) is 18.1 Å². The third-order valence-electron chi connectivity index (χ3n) is 3.79. The zero-order valence-corrected chi connectivity index (χ0v) is 16.3. The minimum absolute atomic E-state index is 0.216. The van der Waals surface area contributed by atoms with E-state index >= 15 is 0 Å². The molecule has 3 aromatic rings. The first-order chi connectivity index (χ1) is 11.3. The molecule has 0 radical (unpaired) electrons. The summed E-state index contributed by atoms with van der Waals surface area (Å²) < 4.78 is 43.6. The third-order valence-corrected chi connectivity index (χ3v) is 7.54. The summed E-state index contributed by atoms with van der Waals surface area (Å²) in [6.07, 6.45) is 0.702. The summed E-state index contributed by atoms with van der Waals surface area (Å²) in [5.41, 5.74) is 2.03. The first-order valence-electron chi connectivity index (χ1n) is 7.31. The number of thiophene rings is 1. The topological polar surface area (TPSA) is 46.2 Å². The van der Waals surface area contributed by atoms with E-state index in [1.54, 1.807) is 25.1 Å². The molecule has 0 saturated carbocycles. The summed E-state index contributed by atoms with van der Waals surface area (Å²) in [5, 5.41) is 0.631.